The van der Waals surface area contributed by atoms with Crippen LogP contribution in [0.25, 0.3) is 0 Å². The molecule has 108 valence electrons. The largest absolute Gasteiger partial charge is 0.430 e. The molecule has 2 unspecified atom stereocenters. The number of hydrogen-bond acceptors (Lipinski definition) is 1. The average Bonchev–Trinajstić information content (AvgIpc) is 2.25. The van der Waals surface area contributed by atoms with E-state index >= 15 is 0 Å². The van der Waals surface area contributed by atoms with Crippen LogP contribution in [-0.4, -0.2) is 17.5 Å². The van der Waals surface area contributed by atoms with E-state index in [-0.39, 0.29) is 5.66 Å². The maximum absolute atomic E-state index is 12.6. The van der Waals surface area contributed by atoms with Gasteiger partial charge in [0.2, 0.25) is 0 Å². The lowest BCUT2D eigenvalue weighted by atomic mass is 9.91. The van der Waals surface area contributed by atoms with Crippen molar-refractivity contribution in [1.29, 1.82) is 0 Å². The molecule has 8 heteroatoms. The molecule has 1 aromatic rings. The third-order valence-electron chi connectivity index (χ3n) is 2.67. The van der Waals surface area contributed by atoms with Crippen molar-refractivity contribution in [2.45, 2.75) is 30.5 Å². The maximum Gasteiger partial charge on any atom is 0.430 e. The first-order valence-corrected chi connectivity index (χ1v) is 5.79. The first kappa shape index (κ1) is 16.2. The Labute approximate surface area is 107 Å². The van der Waals surface area contributed by atoms with Gasteiger partial charge in [0.1, 0.15) is 0 Å². The summed E-state index contributed by atoms with van der Waals surface area (Å²) < 4.78 is 75.4. The van der Waals surface area contributed by atoms with Gasteiger partial charge in [-0.15, -0.1) is 9.24 Å². The van der Waals surface area contributed by atoms with Gasteiger partial charge in [0.05, 0.1) is 0 Å². The number of aliphatic hydroxyl groups is 1. The predicted molar refractivity (Wildman–Crippen MR) is 60.6 cm³/mol. The Morgan fingerprint density at radius 3 is 1.58 bits per heavy atom. The molecule has 0 fully saturated rings. The second-order valence-corrected chi connectivity index (χ2v) is 5.12. The minimum absolute atomic E-state index is 0.126. The molecule has 1 nitrogen and oxygen atoms in total. The fraction of sp³-hybridized carbons (Fsp3) is 0.455. The van der Waals surface area contributed by atoms with Crippen molar-refractivity contribution >= 4 is 9.24 Å². The second kappa shape index (κ2) is 4.94. The van der Waals surface area contributed by atoms with Gasteiger partial charge in [0.15, 0.2) is 0 Å². The highest BCUT2D eigenvalue weighted by atomic mass is 31.0. The summed E-state index contributed by atoms with van der Waals surface area (Å²) in [5.74, 6) is 0. The van der Waals surface area contributed by atoms with Crippen molar-refractivity contribution in [2.24, 2.45) is 0 Å². The van der Waals surface area contributed by atoms with E-state index in [1.165, 1.54) is 0 Å². The molecule has 1 rings (SSSR count). The molecule has 0 bridgehead atoms. The fourth-order valence-corrected chi connectivity index (χ4v) is 1.74. The molecular weight excluding hydrogens is 293 g/mol. The molecule has 1 N–H and O–H groups in total. The average molecular weight is 304 g/mol. The smallest absolute Gasteiger partial charge is 0.369 e. The number of halogens is 6. The lowest BCUT2D eigenvalue weighted by Gasteiger charge is -2.32. The molecule has 2 atom stereocenters. The highest BCUT2D eigenvalue weighted by Gasteiger charge is 2.71. The summed E-state index contributed by atoms with van der Waals surface area (Å²) in [6.07, 6.45) is -11.7. The summed E-state index contributed by atoms with van der Waals surface area (Å²) in [5, 5.41) is 9.13. The zero-order chi connectivity index (χ0) is 15.1. The van der Waals surface area contributed by atoms with E-state index in [0.29, 0.717) is 17.7 Å². The number of rotatable bonds is 2. The van der Waals surface area contributed by atoms with Gasteiger partial charge in [0, 0.05) is 5.56 Å². The van der Waals surface area contributed by atoms with Gasteiger partial charge in [-0.25, -0.2) is 0 Å². The first-order valence-electron chi connectivity index (χ1n) is 5.13. The monoisotopic (exact) mass is 304 g/mol. The summed E-state index contributed by atoms with van der Waals surface area (Å²) in [6, 6.07) is 3.51. The van der Waals surface area contributed by atoms with Gasteiger partial charge in [-0.1, -0.05) is 31.2 Å². The van der Waals surface area contributed by atoms with E-state index < -0.39 is 23.5 Å². The Morgan fingerprint density at radius 1 is 0.947 bits per heavy atom. The third-order valence-corrected chi connectivity index (χ3v) is 3.06. The van der Waals surface area contributed by atoms with Crippen LogP contribution >= 0.6 is 9.24 Å². The molecule has 0 amide bonds. The highest BCUT2D eigenvalue weighted by Crippen LogP contribution is 2.50. The van der Waals surface area contributed by atoms with Gasteiger partial charge in [-0.3, -0.25) is 0 Å². The van der Waals surface area contributed by atoms with Crippen molar-refractivity contribution < 1.29 is 31.4 Å². The van der Waals surface area contributed by atoms with Gasteiger partial charge >= 0.3 is 12.4 Å². The van der Waals surface area contributed by atoms with Crippen LogP contribution in [0.2, 0.25) is 0 Å². The molecule has 0 aromatic heterocycles. The van der Waals surface area contributed by atoms with E-state index in [1.807, 2.05) is 0 Å². The number of benzene rings is 1. The van der Waals surface area contributed by atoms with Gasteiger partial charge in [-0.2, -0.15) is 26.3 Å². The zero-order valence-corrected chi connectivity index (χ0v) is 10.8. The molecule has 0 saturated heterocycles. The van der Waals surface area contributed by atoms with Crippen molar-refractivity contribution in [3.05, 3.63) is 35.4 Å². The predicted octanol–water partition coefficient (Wildman–Crippen LogP) is 3.93. The van der Waals surface area contributed by atoms with Crippen LogP contribution in [0.3, 0.4) is 0 Å². The quantitative estimate of drug-likeness (QED) is 0.648. The molecule has 0 aliphatic rings. The third kappa shape index (κ3) is 2.87. The van der Waals surface area contributed by atoms with Gasteiger partial charge in [-0.05, 0) is 11.2 Å². The van der Waals surface area contributed by atoms with E-state index in [9.17, 15) is 26.3 Å². The molecule has 0 aliphatic carbocycles. The van der Waals surface area contributed by atoms with Crippen molar-refractivity contribution in [3.63, 3.8) is 0 Å². The molecular formula is C11H11F6OP. The Kier molecular flexibility index (Phi) is 4.23. The van der Waals surface area contributed by atoms with Crippen LogP contribution in [0.1, 0.15) is 23.7 Å². The highest BCUT2D eigenvalue weighted by molar-refractivity contribution is 7.17. The Morgan fingerprint density at radius 2 is 1.32 bits per heavy atom. The summed E-state index contributed by atoms with van der Waals surface area (Å²) in [6.45, 7) is 1.71. The summed E-state index contributed by atoms with van der Waals surface area (Å²) in [7, 11) is 2.36. The molecule has 19 heavy (non-hydrogen) atoms. The molecule has 0 radical (unpaired) electrons. The molecule has 0 aliphatic heterocycles. The number of alkyl halides is 6. The number of hydrogen-bond donors (Lipinski definition) is 1. The van der Waals surface area contributed by atoms with Crippen LogP contribution in [0.4, 0.5) is 26.3 Å². The second-order valence-electron chi connectivity index (χ2n) is 4.12. The fourth-order valence-electron chi connectivity index (χ4n) is 1.52. The zero-order valence-electron chi connectivity index (χ0n) is 9.68. The topological polar surface area (TPSA) is 20.2 Å². The Balaban J connectivity index is 3.36. The Hall–Kier alpha value is -0.810. The SMILES string of the molecule is CC(P)c1ccc(C(O)(C(F)(F)F)C(F)(F)F)cc1. The van der Waals surface area contributed by atoms with Gasteiger partial charge in [0.25, 0.3) is 5.60 Å². The van der Waals surface area contributed by atoms with Crippen LogP contribution < -0.4 is 0 Å². The molecule has 1 aromatic carbocycles. The minimum atomic E-state index is -5.85. The van der Waals surface area contributed by atoms with Crippen LogP contribution in [0.5, 0.6) is 0 Å². The minimum Gasteiger partial charge on any atom is -0.369 e. The standard InChI is InChI=1S/C11H11F6OP/c1-6(19)7-2-4-8(5-3-7)9(18,10(12,13)14)11(15,16)17/h2-6,18H,19H2,1H3. The van der Waals surface area contributed by atoms with Crippen LogP contribution in [0.15, 0.2) is 24.3 Å². The summed E-state index contributed by atoms with van der Waals surface area (Å²) >= 11 is 0. The molecule has 0 heterocycles. The Bertz CT molecular complexity index is 420. The summed E-state index contributed by atoms with van der Waals surface area (Å²) in [5.41, 5.74) is -5.69. The lowest BCUT2D eigenvalue weighted by molar-refractivity contribution is -0.376. The van der Waals surface area contributed by atoms with Crippen LogP contribution in [0, 0.1) is 0 Å². The summed E-state index contributed by atoms with van der Waals surface area (Å²) in [4.78, 5) is 0. The van der Waals surface area contributed by atoms with E-state index in [0.717, 1.165) is 12.1 Å². The van der Waals surface area contributed by atoms with E-state index in [4.69, 9.17) is 5.11 Å². The van der Waals surface area contributed by atoms with Crippen molar-refractivity contribution in [2.75, 3.05) is 0 Å². The lowest BCUT2D eigenvalue weighted by Crippen LogP contribution is -2.53. The van der Waals surface area contributed by atoms with E-state index in [2.05, 4.69) is 9.24 Å². The normalized spacial score (nSPS) is 15.4. The maximum atomic E-state index is 12.6. The molecule has 0 saturated carbocycles. The van der Waals surface area contributed by atoms with Crippen LogP contribution in [-0.2, 0) is 5.60 Å². The first-order chi connectivity index (χ1) is 8.41. The van der Waals surface area contributed by atoms with E-state index in [1.54, 1.807) is 6.92 Å². The van der Waals surface area contributed by atoms with Crippen molar-refractivity contribution in [1.82, 2.24) is 0 Å². The molecule has 0 spiro atoms. The van der Waals surface area contributed by atoms with Crippen molar-refractivity contribution in [3.8, 4) is 0 Å². The van der Waals surface area contributed by atoms with Gasteiger partial charge < -0.3 is 5.11 Å².